The van der Waals surface area contributed by atoms with Gasteiger partial charge in [-0.05, 0) is 12.1 Å². The molecule has 0 spiro atoms. The van der Waals surface area contributed by atoms with Gasteiger partial charge in [-0.1, -0.05) is 18.2 Å². The molecule has 7 nitrogen and oxygen atoms in total. The van der Waals surface area contributed by atoms with E-state index in [9.17, 15) is 13.0 Å². The second kappa shape index (κ2) is 7.43. The molecule has 1 atom stereocenters. The molecule has 0 fully saturated rings. The Labute approximate surface area is 144 Å². The first-order chi connectivity index (χ1) is 12.0. The Balaban J connectivity index is 1.78. The monoisotopic (exact) mass is 365 g/mol. The Bertz CT molecular complexity index is 858. The van der Waals surface area contributed by atoms with E-state index in [1.54, 1.807) is 10.6 Å². The van der Waals surface area contributed by atoms with Crippen LogP contribution in [-0.2, 0) is 17.5 Å². The maximum Gasteiger partial charge on any atom is 0.314 e. The summed E-state index contributed by atoms with van der Waals surface area (Å²) in [6, 6.07) is 9.27. The minimum atomic E-state index is -2.85. The van der Waals surface area contributed by atoms with Crippen LogP contribution >= 0.6 is 0 Å². The van der Waals surface area contributed by atoms with Gasteiger partial charge in [0.15, 0.2) is 0 Å². The number of benzene rings is 1. The highest BCUT2D eigenvalue weighted by atomic mass is 32.2. The van der Waals surface area contributed by atoms with Crippen molar-refractivity contribution in [3.8, 4) is 11.7 Å². The molecule has 0 saturated heterocycles. The summed E-state index contributed by atoms with van der Waals surface area (Å²) in [4.78, 5) is 8.10. The zero-order chi connectivity index (χ0) is 17.8. The molecule has 0 bridgehead atoms. The summed E-state index contributed by atoms with van der Waals surface area (Å²) in [5, 5.41) is 6.72. The first-order valence-electron chi connectivity index (χ1n) is 7.13. The third-order valence-corrected chi connectivity index (χ3v) is 4.17. The lowest BCUT2D eigenvalue weighted by atomic mass is 10.3. The summed E-state index contributed by atoms with van der Waals surface area (Å²) in [5.74, 6) is -0.910. The summed E-state index contributed by atoms with van der Waals surface area (Å²) in [6.07, 6.45) is 1.72. The van der Waals surface area contributed by atoms with E-state index in [0.29, 0.717) is 12.1 Å². The average molecular weight is 365 g/mol. The molecule has 3 aromatic rings. The fraction of sp³-hybridized carbons (Fsp3) is 0.200. The van der Waals surface area contributed by atoms with E-state index in [-0.39, 0.29) is 11.7 Å². The Hall–Kier alpha value is -2.75. The standard InChI is InChI=1S/C15H13F2N5O2S/c1-25(23)22(11-5-3-2-4-6-11)9-10-7-18-13(19-8-10)15-21-20-14(24-15)12(16)17/h2-8,12H,9H2,1H3. The van der Waals surface area contributed by atoms with Crippen molar-refractivity contribution in [3.63, 3.8) is 0 Å². The van der Waals surface area contributed by atoms with Crippen molar-refractivity contribution in [1.29, 1.82) is 0 Å². The zero-order valence-electron chi connectivity index (χ0n) is 13.0. The lowest BCUT2D eigenvalue weighted by Crippen LogP contribution is -2.24. The molecule has 0 amide bonds. The average Bonchev–Trinajstić information content (AvgIpc) is 3.11. The summed E-state index contributed by atoms with van der Waals surface area (Å²) < 4.78 is 43.4. The number of alkyl halides is 2. The van der Waals surface area contributed by atoms with Gasteiger partial charge in [-0.15, -0.1) is 10.2 Å². The first kappa shape index (κ1) is 17.1. The molecule has 0 N–H and O–H groups in total. The maximum atomic E-state index is 12.5. The second-order valence-corrected chi connectivity index (χ2v) is 6.25. The SMILES string of the molecule is CS(=O)N(Cc1cnc(-c2nnc(C(F)F)o2)nc1)c1ccccc1. The molecule has 3 rings (SSSR count). The third-order valence-electron chi connectivity index (χ3n) is 3.20. The van der Waals surface area contributed by atoms with Crippen LogP contribution in [0, 0.1) is 0 Å². The van der Waals surface area contributed by atoms with Gasteiger partial charge in [0.25, 0.3) is 11.8 Å². The van der Waals surface area contributed by atoms with Crippen molar-refractivity contribution >= 4 is 16.7 Å². The number of hydrogen-bond acceptors (Lipinski definition) is 6. The van der Waals surface area contributed by atoms with Crippen LogP contribution in [0.15, 0.2) is 47.1 Å². The molecule has 1 aromatic carbocycles. The van der Waals surface area contributed by atoms with E-state index in [2.05, 4.69) is 20.2 Å². The smallest absolute Gasteiger partial charge is 0.314 e. The quantitative estimate of drug-likeness (QED) is 0.668. The molecule has 130 valence electrons. The summed E-state index contributed by atoms with van der Waals surface area (Å²) in [5.41, 5.74) is 1.49. The molecule has 25 heavy (non-hydrogen) atoms. The van der Waals surface area contributed by atoms with Gasteiger partial charge in [-0.3, -0.25) is 4.31 Å². The molecule has 0 aliphatic carbocycles. The highest BCUT2D eigenvalue weighted by molar-refractivity contribution is 7.85. The van der Waals surface area contributed by atoms with Gasteiger partial charge in [-0.25, -0.2) is 14.2 Å². The van der Waals surface area contributed by atoms with Crippen molar-refractivity contribution < 1.29 is 17.4 Å². The Kier molecular flexibility index (Phi) is 5.08. The normalized spacial score (nSPS) is 12.3. The van der Waals surface area contributed by atoms with Crippen LogP contribution in [0.2, 0.25) is 0 Å². The fourth-order valence-electron chi connectivity index (χ4n) is 2.05. The van der Waals surface area contributed by atoms with E-state index >= 15 is 0 Å². The lowest BCUT2D eigenvalue weighted by Gasteiger charge is -2.21. The van der Waals surface area contributed by atoms with Crippen molar-refractivity contribution in [1.82, 2.24) is 20.2 Å². The van der Waals surface area contributed by atoms with Crippen LogP contribution < -0.4 is 4.31 Å². The van der Waals surface area contributed by atoms with Gasteiger partial charge >= 0.3 is 6.43 Å². The summed E-state index contributed by atoms with van der Waals surface area (Å²) in [6.45, 7) is 0.319. The minimum Gasteiger partial charge on any atom is -0.412 e. The van der Waals surface area contributed by atoms with Crippen molar-refractivity contribution in [2.75, 3.05) is 10.6 Å². The predicted molar refractivity (Wildman–Crippen MR) is 87.0 cm³/mol. The second-order valence-electron chi connectivity index (χ2n) is 4.96. The Morgan fingerprint density at radius 3 is 2.40 bits per heavy atom. The number of hydrogen-bond donors (Lipinski definition) is 0. The van der Waals surface area contributed by atoms with E-state index in [4.69, 9.17) is 4.42 Å². The predicted octanol–water partition coefficient (Wildman–Crippen LogP) is 2.76. The number of anilines is 1. The van der Waals surface area contributed by atoms with E-state index in [1.807, 2.05) is 30.3 Å². The highest BCUT2D eigenvalue weighted by Crippen LogP contribution is 2.21. The van der Waals surface area contributed by atoms with Gasteiger partial charge in [0.05, 0.1) is 6.54 Å². The molecule has 1 unspecified atom stereocenters. The number of para-hydroxylation sites is 1. The van der Waals surface area contributed by atoms with E-state index < -0.39 is 23.3 Å². The van der Waals surface area contributed by atoms with E-state index in [0.717, 1.165) is 5.69 Å². The number of aromatic nitrogens is 4. The van der Waals surface area contributed by atoms with Gasteiger partial charge in [-0.2, -0.15) is 8.78 Å². The maximum absolute atomic E-state index is 12.5. The molecule has 10 heteroatoms. The number of halogens is 2. The third kappa shape index (κ3) is 4.02. The fourth-order valence-corrected chi connectivity index (χ4v) is 2.80. The minimum absolute atomic E-state index is 0.0482. The van der Waals surface area contributed by atoms with Crippen LogP contribution in [0.1, 0.15) is 17.9 Å². The molecule has 0 saturated carbocycles. The summed E-state index contributed by atoms with van der Waals surface area (Å²) >= 11 is 0. The topological polar surface area (TPSA) is 85.0 Å². The molecule has 0 aliphatic rings. The Morgan fingerprint density at radius 1 is 1.16 bits per heavy atom. The molecular formula is C15H13F2N5O2S. The Morgan fingerprint density at radius 2 is 1.84 bits per heavy atom. The van der Waals surface area contributed by atoms with E-state index in [1.165, 1.54) is 12.4 Å². The van der Waals surface area contributed by atoms with Gasteiger partial charge in [0, 0.05) is 29.9 Å². The van der Waals surface area contributed by atoms with Gasteiger partial charge in [0.2, 0.25) is 5.82 Å². The molecule has 2 aromatic heterocycles. The number of rotatable bonds is 6. The van der Waals surface area contributed by atoms with Crippen molar-refractivity contribution in [2.24, 2.45) is 0 Å². The molecule has 0 aliphatic heterocycles. The van der Waals surface area contributed by atoms with Gasteiger partial charge in [0.1, 0.15) is 11.0 Å². The first-order valence-corrected chi connectivity index (χ1v) is 8.65. The number of nitrogens with zero attached hydrogens (tertiary/aromatic N) is 5. The van der Waals surface area contributed by atoms with Crippen molar-refractivity contribution in [2.45, 2.75) is 13.0 Å². The lowest BCUT2D eigenvalue weighted by molar-refractivity contribution is 0.116. The highest BCUT2D eigenvalue weighted by Gasteiger charge is 2.18. The largest absolute Gasteiger partial charge is 0.412 e. The zero-order valence-corrected chi connectivity index (χ0v) is 13.9. The molecule has 0 radical (unpaired) electrons. The van der Waals surface area contributed by atoms with Crippen LogP contribution in [0.3, 0.4) is 0 Å². The van der Waals surface area contributed by atoms with Gasteiger partial charge < -0.3 is 4.42 Å². The van der Waals surface area contributed by atoms with Crippen LogP contribution in [0.5, 0.6) is 0 Å². The van der Waals surface area contributed by atoms with Crippen LogP contribution in [-0.4, -0.2) is 30.6 Å². The molecule has 2 heterocycles. The molecular weight excluding hydrogens is 352 g/mol. The van der Waals surface area contributed by atoms with Crippen LogP contribution in [0.25, 0.3) is 11.7 Å². The van der Waals surface area contributed by atoms with Crippen molar-refractivity contribution in [3.05, 3.63) is 54.2 Å². The summed E-state index contributed by atoms with van der Waals surface area (Å²) in [7, 11) is -1.24. The van der Waals surface area contributed by atoms with Crippen LogP contribution in [0.4, 0.5) is 14.5 Å².